The number of rotatable bonds is 1. The average molecular weight is 590 g/mol. The molecule has 0 N–H and O–H groups in total. The van der Waals surface area contributed by atoms with Crippen molar-refractivity contribution in [1.29, 1.82) is 0 Å². The lowest BCUT2D eigenvalue weighted by atomic mass is 9.74. The van der Waals surface area contributed by atoms with Crippen LogP contribution in [-0.2, 0) is 11.8 Å². The van der Waals surface area contributed by atoms with Crippen LogP contribution in [0.3, 0.4) is 0 Å². The van der Waals surface area contributed by atoms with Gasteiger partial charge in [-0.25, -0.2) is 0 Å². The van der Waals surface area contributed by atoms with E-state index in [1.807, 2.05) is 0 Å². The molecule has 0 bridgehead atoms. The maximum atomic E-state index is 6.94. The first kappa shape index (κ1) is 25.7. The smallest absolute Gasteiger partial charge is 0.141 e. The Morgan fingerprint density at radius 3 is 2.20 bits per heavy atom. The summed E-state index contributed by atoms with van der Waals surface area (Å²) in [6, 6.07) is 37.7. The molecule has 0 saturated heterocycles. The third kappa shape index (κ3) is 3.16. The highest BCUT2D eigenvalue weighted by atomic mass is 16.3. The topological polar surface area (TPSA) is 18.1 Å². The van der Waals surface area contributed by atoms with Crippen molar-refractivity contribution in [1.82, 2.24) is 4.57 Å². The van der Waals surface area contributed by atoms with Gasteiger partial charge in [0.05, 0.1) is 22.1 Å². The van der Waals surface area contributed by atoms with Crippen molar-refractivity contribution in [3.05, 3.63) is 151 Å². The summed E-state index contributed by atoms with van der Waals surface area (Å²) in [7, 11) is 0. The molecule has 0 radical (unpaired) electrons. The number of hydrogen-bond donors (Lipinski definition) is 0. The summed E-state index contributed by atoms with van der Waals surface area (Å²) in [6.45, 7) is 9.16. The molecule has 2 aliphatic rings. The van der Waals surface area contributed by atoms with E-state index >= 15 is 0 Å². The summed E-state index contributed by atoms with van der Waals surface area (Å²) in [5.41, 5.74) is 14.0. The van der Waals surface area contributed by atoms with Crippen LogP contribution >= 0.6 is 0 Å². The predicted octanol–water partition coefficient (Wildman–Crippen LogP) is 12.0. The second-order valence-corrected chi connectivity index (χ2v) is 13.3. The first-order valence-corrected chi connectivity index (χ1v) is 16.1. The highest BCUT2D eigenvalue weighted by Crippen LogP contribution is 2.52. The summed E-state index contributed by atoms with van der Waals surface area (Å²) in [5, 5.41) is 7.45. The standard InChI is InChI=1S/C44H31NO/c1-26-14-5-4-6-19-34-39-32-17-9-11-22-35(32)45(42(39)40-33-18-10-12-23-37(33)46-43(40)41(34)44(26,2)3)36-25-24-30-28-16-8-7-15-27(28)29-20-13-21-31(36)38(29)30/h4-18,20-25H,1,19H2,2-3H3/b6-4-,14-5-. The zero-order valence-corrected chi connectivity index (χ0v) is 25.9. The Bertz CT molecular complexity index is 2680. The summed E-state index contributed by atoms with van der Waals surface area (Å²) in [6.07, 6.45) is 9.51. The van der Waals surface area contributed by atoms with Crippen LogP contribution in [0.15, 0.2) is 144 Å². The molecule has 0 amide bonds. The highest BCUT2D eigenvalue weighted by Gasteiger charge is 2.35. The summed E-state index contributed by atoms with van der Waals surface area (Å²) < 4.78 is 9.47. The molecule has 218 valence electrons. The van der Waals surface area contributed by atoms with E-state index < -0.39 is 0 Å². The Morgan fingerprint density at radius 1 is 0.652 bits per heavy atom. The molecule has 2 aliphatic carbocycles. The fraction of sp³-hybridized carbons (Fsp3) is 0.0909. The van der Waals surface area contributed by atoms with Crippen molar-refractivity contribution in [2.45, 2.75) is 25.7 Å². The fourth-order valence-corrected chi connectivity index (χ4v) is 8.41. The van der Waals surface area contributed by atoms with E-state index in [0.29, 0.717) is 0 Å². The van der Waals surface area contributed by atoms with Gasteiger partial charge < -0.3 is 8.98 Å². The lowest BCUT2D eigenvalue weighted by molar-refractivity contribution is 0.604. The molecule has 10 rings (SSSR count). The Kier molecular flexibility index (Phi) is 5.02. The van der Waals surface area contributed by atoms with Gasteiger partial charge >= 0.3 is 0 Å². The monoisotopic (exact) mass is 589 g/mol. The quantitative estimate of drug-likeness (QED) is 0.186. The van der Waals surface area contributed by atoms with E-state index in [-0.39, 0.29) is 5.41 Å². The van der Waals surface area contributed by atoms with Gasteiger partial charge in [0.15, 0.2) is 0 Å². The fourth-order valence-electron chi connectivity index (χ4n) is 8.41. The van der Waals surface area contributed by atoms with E-state index in [1.165, 1.54) is 77.0 Å². The lowest BCUT2D eigenvalue weighted by Crippen LogP contribution is -2.21. The molecular weight excluding hydrogens is 558 g/mol. The van der Waals surface area contributed by atoms with E-state index in [9.17, 15) is 0 Å². The van der Waals surface area contributed by atoms with Gasteiger partial charge in [-0.05, 0) is 63.4 Å². The third-order valence-electron chi connectivity index (χ3n) is 10.6. The maximum absolute atomic E-state index is 6.94. The number of fused-ring (bicyclic) bond motifs is 13. The minimum absolute atomic E-state index is 0.352. The van der Waals surface area contributed by atoms with Crippen LogP contribution in [0.5, 0.6) is 0 Å². The molecule has 0 saturated carbocycles. The summed E-state index contributed by atoms with van der Waals surface area (Å²) >= 11 is 0. The largest absolute Gasteiger partial charge is 0.456 e. The second-order valence-electron chi connectivity index (χ2n) is 13.3. The Morgan fingerprint density at radius 2 is 1.35 bits per heavy atom. The van der Waals surface area contributed by atoms with Crippen LogP contribution in [0.25, 0.3) is 82.5 Å². The molecule has 6 aromatic carbocycles. The average Bonchev–Trinajstić information content (AvgIpc) is 3.74. The number of furan rings is 1. The van der Waals surface area contributed by atoms with E-state index in [1.54, 1.807) is 0 Å². The molecule has 0 fully saturated rings. The van der Waals surface area contributed by atoms with Gasteiger partial charge in [0, 0.05) is 32.5 Å². The van der Waals surface area contributed by atoms with Crippen molar-refractivity contribution in [2.24, 2.45) is 0 Å². The first-order chi connectivity index (χ1) is 22.5. The van der Waals surface area contributed by atoms with Gasteiger partial charge in [-0.3, -0.25) is 0 Å². The normalized spacial score (nSPS) is 16.5. The number of allylic oxidation sites excluding steroid dienone is 5. The van der Waals surface area contributed by atoms with Crippen molar-refractivity contribution < 1.29 is 4.42 Å². The molecule has 2 heterocycles. The molecule has 0 atom stereocenters. The first-order valence-electron chi connectivity index (χ1n) is 16.1. The van der Waals surface area contributed by atoms with Gasteiger partial charge in [0.1, 0.15) is 11.2 Å². The number of hydrogen-bond acceptors (Lipinski definition) is 1. The van der Waals surface area contributed by atoms with Crippen LogP contribution < -0.4 is 0 Å². The van der Waals surface area contributed by atoms with Gasteiger partial charge in [0.25, 0.3) is 0 Å². The summed E-state index contributed by atoms with van der Waals surface area (Å²) in [5.74, 6) is 0. The van der Waals surface area contributed by atoms with E-state index in [2.05, 4.69) is 152 Å². The van der Waals surface area contributed by atoms with Crippen molar-refractivity contribution in [3.63, 3.8) is 0 Å². The van der Waals surface area contributed by atoms with Crippen molar-refractivity contribution in [3.8, 4) is 27.9 Å². The molecular formula is C44H31NO. The molecule has 2 heteroatoms. The van der Waals surface area contributed by atoms with E-state index in [4.69, 9.17) is 4.42 Å². The SMILES string of the molecule is C=C1/C=C\C=C/Cc2c(c3oc4ccccc4c3c3c2c2ccccc2n3-c2ccc3c4c(cccc24)-c2ccccc2-3)C1(C)C. The molecule has 8 aromatic rings. The minimum atomic E-state index is -0.352. The van der Waals surface area contributed by atoms with Crippen LogP contribution in [0, 0.1) is 0 Å². The van der Waals surface area contributed by atoms with Gasteiger partial charge in [-0.1, -0.05) is 130 Å². The second kappa shape index (κ2) is 8.99. The molecule has 0 aliphatic heterocycles. The highest BCUT2D eigenvalue weighted by molar-refractivity contribution is 6.28. The molecule has 0 spiro atoms. The summed E-state index contributed by atoms with van der Waals surface area (Å²) in [4.78, 5) is 0. The van der Waals surface area contributed by atoms with Gasteiger partial charge in [-0.2, -0.15) is 0 Å². The minimum Gasteiger partial charge on any atom is -0.456 e. The zero-order valence-electron chi connectivity index (χ0n) is 25.9. The van der Waals surface area contributed by atoms with Crippen LogP contribution in [0.1, 0.15) is 25.0 Å². The molecule has 0 unspecified atom stereocenters. The predicted molar refractivity (Wildman–Crippen MR) is 194 cm³/mol. The number of nitrogens with zero attached hydrogens (tertiary/aromatic N) is 1. The van der Waals surface area contributed by atoms with E-state index in [0.717, 1.165) is 28.5 Å². The number of benzene rings is 6. The Balaban J connectivity index is 1.46. The van der Waals surface area contributed by atoms with Crippen LogP contribution in [0.2, 0.25) is 0 Å². The molecule has 2 aromatic heterocycles. The number of aromatic nitrogens is 1. The van der Waals surface area contributed by atoms with Crippen LogP contribution in [0.4, 0.5) is 0 Å². The third-order valence-corrected chi connectivity index (χ3v) is 10.6. The zero-order chi connectivity index (χ0) is 30.7. The maximum Gasteiger partial charge on any atom is 0.141 e. The number of para-hydroxylation sites is 2. The Hall–Kier alpha value is -5.60. The van der Waals surface area contributed by atoms with Crippen molar-refractivity contribution in [2.75, 3.05) is 0 Å². The molecule has 2 nitrogen and oxygen atoms in total. The van der Waals surface area contributed by atoms with Gasteiger partial charge in [0.2, 0.25) is 0 Å². The Labute approximate surface area is 267 Å². The van der Waals surface area contributed by atoms with Gasteiger partial charge in [-0.15, -0.1) is 0 Å². The van der Waals surface area contributed by atoms with Crippen LogP contribution in [-0.4, -0.2) is 4.57 Å². The molecule has 46 heavy (non-hydrogen) atoms. The van der Waals surface area contributed by atoms with Crippen molar-refractivity contribution >= 4 is 54.5 Å². The lowest BCUT2D eigenvalue weighted by Gasteiger charge is -2.29.